The average molecular weight is 408 g/mol. The van der Waals surface area contributed by atoms with Gasteiger partial charge in [-0.1, -0.05) is 47.3 Å². The maximum absolute atomic E-state index is 12.8. The summed E-state index contributed by atoms with van der Waals surface area (Å²) in [5, 5.41) is 5.66. The number of halogens is 1. The van der Waals surface area contributed by atoms with Gasteiger partial charge in [0.1, 0.15) is 12.1 Å². The van der Waals surface area contributed by atoms with E-state index in [0.717, 1.165) is 35.1 Å². The number of nitrogens with zero attached hydrogens (tertiary/aromatic N) is 1. The van der Waals surface area contributed by atoms with Crippen molar-refractivity contribution in [2.24, 2.45) is 0 Å². The van der Waals surface area contributed by atoms with Crippen molar-refractivity contribution < 1.29 is 14.4 Å². The molecule has 1 saturated carbocycles. The molecular weight excluding hydrogens is 386 g/mol. The molecule has 2 fully saturated rings. The molecule has 1 aromatic carbocycles. The minimum absolute atomic E-state index is 0.151. The first kappa shape index (κ1) is 17.9. The molecule has 1 saturated heterocycles. The van der Waals surface area contributed by atoms with Gasteiger partial charge in [0, 0.05) is 10.5 Å². The number of benzene rings is 1. The van der Waals surface area contributed by atoms with Gasteiger partial charge in [-0.3, -0.25) is 14.5 Å². The first-order chi connectivity index (χ1) is 11.9. The van der Waals surface area contributed by atoms with Crippen LogP contribution in [0.3, 0.4) is 0 Å². The van der Waals surface area contributed by atoms with Gasteiger partial charge in [-0.25, -0.2) is 4.79 Å². The highest BCUT2D eigenvalue weighted by Crippen LogP contribution is 2.30. The summed E-state index contributed by atoms with van der Waals surface area (Å²) in [6.07, 6.45) is 5.33. The minimum Gasteiger partial charge on any atom is -0.352 e. The third kappa shape index (κ3) is 3.71. The van der Waals surface area contributed by atoms with Crippen LogP contribution < -0.4 is 10.6 Å². The molecule has 4 amide bonds. The summed E-state index contributed by atoms with van der Waals surface area (Å²) in [5.41, 5.74) is -0.484. The molecule has 0 unspecified atom stereocenters. The first-order valence-corrected chi connectivity index (χ1v) is 9.39. The molecule has 134 valence electrons. The smallest absolute Gasteiger partial charge is 0.325 e. The molecule has 2 aliphatic rings. The summed E-state index contributed by atoms with van der Waals surface area (Å²) < 4.78 is 0.821. The second-order valence-electron chi connectivity index (χ2n) is 6.86. The van der Waals surface area contributed by atoms with E-state index in [1.54, 1.807) is 19.1 Å². The van der Waals surface area contributed by atoms with Gasteiger partial charge in [0.15, 0.2) is 0 Å². The predicted molar refractivity (Wildman–Crippen MR) is 96.8 cm³/mol. The van der Waals surface area contributed by atoms with Crippen LogP contribution in [0.2, 0.25) is 0 Å². The normalized spacial score (nSPS) is 24.3. The van der Waals surface area contributed by atoms with Crippen molar-refractivity contribution in [1.82, 2.24) is 15.5 Å². The number of hydrogen-bond acceptors (Lipinski definition) is 3. The van der Waals surface area contributed by atoms with Crippen molar-refractivity contribution >= 4 is 33.8 Å². The summed E-state index contributed by atoms with van der Waals surface area (Å²) in [5.74, 6) is -0.691. The van der Waals surface area contributed by atoms with E-state index in [1.807, 2.05) is 12.1 Å². The van der Waals surface area contributed by atoms with E-state index < -0.39 is 17.5 Å². The average Bonchev–Trinajstić information content (AvgIpc) is 2.80. The molecule has 1 heterocycles. The summed E-state index contributed by atoms with van der Waals surface area (Å²) in [7, 11) is 0. The molecule has 1 aliphatic heterocycles. The molecule has 1 aliphatic carbocycles. The fourth-order valence-electron chi connectivity index (χ4n) is 3.50. The van der Waals surface area contributed by atoms with Crippen LogP contribution in [0.15, 0.2) is 28.7 Å². The van der Waals surface area contributed by atoms with Crippen molar-refractivity contribution in [3.05, 3.63) is 34.3 Å². The Labute approximate surface area is 155 Å². The molecule has 7 heteroatoms. The third-order valence-electron chi connectivity index (χ3n) is 4.95. The Morgan fingerprint density at radius 3 is 2.72 bits per heavy atom. The first-order valence-electron chi connectivity index (χ1n) is 8.59. The van der Waals surface area contributed by atoms with Gasteiger partial charge in [0.2, 0.25) is 5.91 Å². The lowest BCUT2D eigenvalue weighted by molar-refractivity contribution is -0.135. The van der Waals surface area contributed by atoms with E-state index in [0.29, 0.717) is 5.56 Å². The number of hydrogen-bond donors (Lipinski definition) is 2. The molecule has 2 N–H and O–H groups in total. The van der Waals surface area contributed by atoms with Gasteiger partial charge in [0.25, 0.3) is 5.91 Å². The van der Waals surface area contributed by atoms with Crippen LogP contribution in [-0.4, -0.2) is 35.3 Å². The highest BCUT2D eigenvalue weighted by Gasteiger charge is 2.49. The van der Waals surface area contributed by atoms with Gasteiger partial charge in [0.05, 0.1) is 0 Å². The Hall–Kier alpha value is -1.89. The second kappa shape index (κ2) is 7.15. The van der Waals surface area contributed by atoms with Crippen LogP contribution in [0.25, 0.3) is 0 Å². The van der Waals surface area contributed by atoms with Gasteiger partial charge >= 0.3 is 6.03 Å². The molecule has 6 nitrogen and oxygen atoms in total. The fraction of sp³-hybridized carbons (Fsp3) is 0.500. The Morgan fingerprint density at radius 2 is 2.04 bits per heavy atom. The molecule has 1 aromatic rings. The number of imide groups is 1. The zero-order valence-corrected chi connectivity index (χ0v) is 15.8. The number of nitrogens with one attached hydrogen (secondary N) is 2. The topological polar surface area (TPSA) is 78.5 Å². The molecule has 0 radical (unpaired) electrons. The van der Waals surface area contributed by atoms with Crippen LogP contribution in [0.1, 0.15) is 44.6 Å². The Kier molecular flexibility index (Phi) is 5.13. The number of amides is 4. The van der Waals surface area contributed by atoms with E-state index in [-0.39, 0.29) is 18.5 Å². The number of carbonyl (C=O) groups is 3. The second-order valence-corrected chi connectivity index (χ2v) is 7.77. The SMILES string of the molecule is C[C@@]1(c2cccc(Br)c2)NC(=O)N(CC(=O)NC2CCCCC2)C1=O. The number of rotatable bonds is 4. The maximum Gasteiger partial charge on any atom is 0.325 e. The van der Waals surface area contributed by atoms with Crippen LogP contribution in [-0.2, 0) is 15.1 Å². The van der Waals surface area contributed by atoms with Gasteiger partial charge in [-0.15, -0.1) is 0 Å². The minimum atomic E-state index is -1.16. The zero-order chi connectivity index (χ0) is 18.0. The van der Waals surface area contributed by atoms with Gasteiger partial charge in [-0.2, -0.15) is 0 Å². The molecule has 1 atom stereocenters. The van der Waals surface area contributed by atoms with E-state index in [1.165, 1.54) is 6.42 Å². The van der Waals surface area contributed by atoms with Crippen LogP contribution in [0, 0.1) is 0 Å². The monoisotopic (exact) mass is 407 g/mol. The quantitative estimate of drug-likeness (QED) is 0.752. The third-order valence-corrected chi connectivity index (χ3v) is 5.44. The summed E-state index contributed by atoms with van der Waals surface area (Å²) >= 11 is 3.38. The number of urea groups is 1. The van der Waals surface area contributed by atoms with Crippen molar-refractivity contribution in [1.29, 1.82) is 0 Å². The largest absolute Gasteiger partial charge is 0.352 e. The summed E-state index contributed by atoms with van der Waals surface area (Å²) in [6.45, 7) is 1.42. The van der Waals surface area contributed by atoms with Crippen LogP contribution in [0.4, 0.5) is 4.79 Å². The van der Waals surface area contributed by atoms with Gasteiger partial charge in [-0.05, 0) is 37.5 Å². The Bertz CT molecular complexity index is 703. The molecule has 0 aromatic heterocycles. The zero-order valence-electron chi connectivity index (χ0n) is 14.2. The Morgan fingerprint density at radius 1 is 1.32 bits per heavy atom. The van der Waals surface area contributed by atoms with E-state index in [4.69, 9.17) is 0 Å². The van der Waals surface area contributed by atoms with Crippen LogP contribution in [0.5, 0.6) is 0 Å². The standard InChI is InChI=1S/C18H22BrN3O3/c1-18(12-6-5-7-13(19)10-12)16(24)22(17(25)21-18)11-15(23)20-14-8-3-2-4-9-14/h5-7,10,14H,2-4,8-9,11H2,1H3,(H,20,23)(H,21,25)/t18-/m0/s1. The summed E-state index contributed by atoms with van der Waals surface area (Å²) in [6, 6.07) is 6.86. The molecule has 25 heavy (non-hydrogen) atoms. The van der Waals surface area contributed by atoms with E-state index in [9.17, 15) is 14.4 Å². The lowest BCUT2D eigenvalue weighted by Crippen LogP contribution is -2.45. The number of carbonyl (C=O) groups excluding carboxylic acids is 3. The highest BCUT2D eigenvalue weighted by molar-refractivity contribution is 9.10. The van der Waals surface area contributed by atoms with Crippen molar-refractivity contribution in [3.8, 4) is 0 Å². The lowest BCUT2D eigenvalue weighted by atomic mass is 9.92. The Balaban J connectivity index is 1.69. The van der Waals surface area contributed by atoms with E-state index in [2.05, 4.69) is 26.6 Å². The fourth-order valence-corrected chi connectivity index (χ4v) is 3.90. The molecular formula is C18H22BrN3O3. The van der Waals surface area contributed by atoms with Crippen molar-refractivity contribution in [2.45, 2.75) is 50.6 Å². The summed E-state index contributed by atoms with van der Waals surface area (Å²) in [4.78, 5) is 38.4. The molecule has 3 rings (SSSR count). The maximum atomic E-state index is 12.8. The predicted octanol–water partition coefficient (Wildman–Crippen LogP) is 2.67. The highest BCUT2D eigenvalue weighted by atomic mass is 79.9. The molecule has 0 spiro atoms. The lowest BCUT2D eigenvalue weighted by Gasteiger charge is -2.24. The van der Waals surface area contributed by atoms with E-state index >= 15 is 0 Å². The van der Waals surface area contributed by atoms with Gasteiger partial charge < -0.3 is 10.6 Å². The van der Waals surface area contributed by atoms with Crippen molar-refractivity contribution in [2.75, 3.05) is 6.54 Å². The van der Waals surface area contributed by atoms with Crippen LogP contribution >= 0.6 is 15.9 Å². The van der Waals surface area contributed by atoms with Crippen molar-refractivity contribution in [3.63, 3.8) is 0 Å². The molecule has 0 bridgehead atoms.